The topological polar surface area (TPSA) is 46.2 Å². The van der Waals surface area contributed by atoms with Crippen molar-refractivity contribution in [2.75, 3.05) is 6.54 Å². The third-order valence-electron chi connectivity index (χ3n) is 5.57. The van der Waals surface area contributed by atoms with Crippen LogP contribution in [0, 0.1) is 22.7 Å². The summed E-state index contributed by atoms with van der Waals surface area (Å²) in [6.07, 6.45) is 3.51. The third kappa shape index (κ3) is 1.04. The summed E-state index contributed by atoms with van der Waals surface area (Å²) in [6.45, 7) is 7.51. The first-order valence-corrected chi connectivity index (χ1v) is 5.81. The van der Waals surface area contributed by atoms with Crippen LogP contribution in [0.3, 0.4) is 0 Å². The molecule has 0 saturated heterocycles. The predicted molar refractivity (Wildman–Crippen MR) is 57.8 cm³/mol. The standard InChI is InChI=1S/C12H23NO/c1-11(2)8-4-5-12(11,3)9(6-8)10(14)7-13/h8-10,14H,4-7,13H2,1-3H3. The Balaban J connectivity index is 2.27. The van der Waals surface area contributed by atoms with Crippen LogP contribution in [0.15, 0.2) is 0 Å². The molecule has 4 unspecified atom stereocenters. The van der Waals surface area contributed by atoms with Gasteiger partial charge < -0.3 is 10.8 Å². The molecule has 14 heavy (non-hydrogen) atoms. The molecule has 2 nitrogen and oxygen atoms in total. The van der Waals surface area contributed by atoms with Crippen LogP contribution in [0.4, 0.5) is 0 Å². The van der Waals surface area contributed by atoms with Gasteiger partial charge in [-0.3, -0.25) is 0 Å². The Morgan fingerprint density at radius 3 is 2.43 bits per heavy atom. The van der Waals surface area contributed by atoms with E-state index in [1.165, 1.54) is 19.3 Å². The maximum Gasteiger partial charge on any atom is 0.0696 e. The molecule has 4 atom stereocenters. The van der Waals surface area contributed by atoms with E-state index >= 15 is 0 Å². The zero-order valence-electron chi connectivity index (χ0n) is 9.59. The lowest BCUT2D eigenvalue weighted by Gasteiger charge is -2.41. The fourth-order valence-electron chi connectivity index (χ4n) is 4.01. The SMILES string of the molecule is CC1(C)C2CCC1(C)C(C(O)CN)C2. The largest absolute Gasteiger partial charge is 0.392 e. The number of nitrogens with two attached hydrogens (primary N) is 1. The van der Waals surface area contributed by atoms with E-state index in [9.17, 15) is 5.11 Å². The van der Waals surface area contributed by atoms with Gasteiger partial charge in [-0.2, -0.15) is 0 Å². The zero-order valence-corrected chi connectivity index (χ0v) is 9.59. The number of hydrogen-bond donors (Lipinski definition) is 2. The summed E-state index contributed by atoms with van der Waals surface area (Å²) >= 11 is 0. The molecule has 3 N–H and O–H groups in total. The lowest BCUT2D eigenvalue weighted by Crippen LogP contribution is -2.41. The Labute approximate surface area is 86.9 Å². The van der Waals surface area contributed by atoms with E-state index < -0.39 is 0 Å². The van der Waals surface area contributed by atoms with Gasteiger partial charge in [0, 0.05) is 6.54 Å². The van der Waals surface area contributed by atoms with E-state index in [-0.39, 0.29) is 6.10 Å². The minimum absolute atomic E-state index is 0.287. The Hall–Kier alpha value is -0.0800. The second-order valence-electron chi connectivity index (χ2n) is 6.02. The molecular weight excluding hydrogens is 174 g/mol. The minimum atomic E-state index is -0.287. The van der Waals surface area contributed by atoms with Gasteiger partial charge in [0.25, 0.3) is 0 Å². The van der Waals surface area contributed by atoms with Crippen LogP contribution < -0.4 is 5.73 Å². The highest BCUT2D eigenvalue weighted by Gasteiger charge is 2.62. The van der Waals surface area contributed by atoms with Gasteiger partial charge in [0.1, 0.15) is 0 Å². The van der Waals surface area contributed by atoms with E-state index in [1.54, 1.807) is 0 Å². The van der Waals surface area contributed by atoms with Crippen molar-refractivity contribution in [1.29, 1.82) is 0 Å². The molecule has 2 bridgehead atoms. The molecule has 2 aliphatic carbocycles. The fraction of sp³-hybridized carbons (Fsp3) is 1.00. The van der Waals surface area contributed by atoms with Crippen molar-refractivity contribution < 1.29 is 5.11 Å². The van der Waals surface area contributed by atoms with E-state index in [1.807, 2.05) is 0 Å². The number of hydrogen-bond acceptors (Lipinski definition) is 2. The first-order chi connectivity index (χ1) is 6.43. The smallest absolute Gasteiger partial charge is 0.0696 e. The predicted octanol–water partition coefficient (Wildman–Crippen LogP) is 1.77. The van der Waals surface area contributed by atoms with Crippen molar-refractivity contribution in [3.63, 3.8) is 0 Å². The summed E-state index contributed by atoms with van der Waals surface area (Å²) < 4.78 is 0. The van der Waals surface area contributed by atoms with Crippen molar-refractivity contribution in [3.05, 3.63) is 0 Å². The molecule has 0 aromatic carbocycles. The maximum absolute atomic E-state index is 9.95. The molecule has 2 aliphatic rings. The van der Waals surface area contributed by atoms with Crippen LogP contribution in [-0.2, 0) is 0 Å². The Morgan fingerprint density at radius 1 is 1.43 bits per heavy atom. The van der Waals surface area contributed by atoms with E-state index in [0.29, 0.717) is 23.3 Å². The molecule has 0 spiro atoms. The molecule has 2 fully saturated rings. The highest BCUT2D eigenvalue weighted by atomic mass is 16.3. The van der Waals surface area contributed by atoms with Gasteiger partial charge in [0.15, 0.2) is 0 Å². The molecule has 0 radical (unpaired) electrons. The average molecular weight is 197 g/mol. The van der Waals surface area contributed by atoms with Gasteiger partial charge in [0.2, 0.25) is 0 Å². The lowest BCUT2D eigenvalue weighted by molar-refractivity contribution is 0.01000. The van der Waals surface area contributed by atoms with Crippen LogP contribution in [0.2, 0.25) is 0 Å². The van der Waals surface area contributed by atoms with Crippen LogP contribution in [-0.4, -0.2) is 17.8 Å². The van der Waals surface area contributed by atoms with Crippen LogP contribution in [0.25, 0.3) is 0 Å². The van der Waals surface area contributed by atoms with Gasteiger partial charge in [-0.05, 0) is 41.9 Å². The Bertz CT molecular complexity index is 238. The molecule has 82 valence electrons. The molecular formula is C12H23NO. The van der Waals surface area contributed by atoms with Crippen LogP contribution >= 0.6 is 0 Å². The Kier molecular flexibility index (Phi) is 2.20. The first kappa shape index (κ1) is 10.4. The highest BCUT2D eigenvalue weighted by Crippen LogP contribution is 2.68. The summed E-state index contributed by atoms with van der Waals surface area (Å²) in [5.74, 6) is 1.24. The summed E-state index contributed by atoms with van der Waals surface area (Å²) in [5, 5.41) is 9.95. The quantitative estimate of drug-likeness (QED) is 0.708. The molecule has 0 amide bonds. The monoisotopic (exact) mass is 197 g/mol. The number of aliphatic hydroxyl groups excluding tert-OH is 1. The number of aliphatic hydroxyl groups is 1. The first-order valence-electron chi connectivity index (χ1n) is 5.81. The lowest BCUT2D eigenvalue weighted by atomic mass is 9.65. The van der Waals surface area contributed by atoms with Gasteiger partial charge in [0.05, 0.1) is 6.10 Å². The number of fused-ring (bicyclic) bond motifs is 2. The summed E-state index contributed by atoms with van der Waals surface area (Å²) in [4.78, 5) is 0. The molecule has 2 saturated carbocycles. The molecule has 0 aromatic rings. The molecule has 2 rings (SSSR count). The zero-order chi connectivity index (χ0) is 10.6. The summed E-state index contributed by atoms with van der Waals surface area (Å²) in [6, 6.07) is 0. The maximum atomic E-state index is 9.95. The summed E-state index contributed by atoms with van der Waals surface area (Å²) in [5.41, 5.74) is 6.29. The van der Waals surface area contributed by atoms with Gasteiger partial charge in [-0.25, -0.2) is 0 Å². The van der Waals surface area contributed by atoms with Gasteiger partial charge >= 0.3 is 0 Å². The van der Waals surface area contributed by atoms with E-state index in [2.05, 4.69) is 20.8 Å². The third-order valence-corrected chi connectivity index (χ3v) is 5.57. The van der Waals surface area contributed by atoms with Crippen molar-refractivity contribution in [2.24, 2.45) is 28.4 Å². The van der Waals surface area contributed by atoms with Crippen LogP contribution in [0.5, 0.6) is 0 Å². The van der Waals surface area contributed by atoms with E-state index in [4.69, 9.17) is 5.73 Å². The van der Waals surface area contributed by atoms with Crippen molar-refractivity contribution in [3.8, 4) is 0 Å². The molecule has 0 aliphatic heterocycles. The van der Waals surface area contributed by atoms with Crippen LogP contribution in [0.1, 0.15) is 40.0 Å². The molecule has 0 aromatic heterocycles. The van der Waals surface area contributed by atoms with Gasteiger partial charge in [-0.15, -0.1) is 0 Å². The average Bonchev–Trinajstić information content (AvgIpc) is 2.47. The molecule has 2 heteroatoms. The van der Waals surface area contributed by atoms with Crippen molar-refractivity contribution in [2.45, 2.75) is 46.1 Å². The number of rotatable bonds is 2. The second kappa shape index (κ2) is 2.96. The van der Waals surface area contributed by atoms with E-state index in [0.717, 1.165) is 5.92 Å². The minimum Gasteiger partial charge on any atom is -0.392 e. The van der Waals surface area contributed by atoms with Crippen molar-refractivity contribution in [1.82, 2.24) is 0 Å². The summed E-state index contributed by atoms with van der Waals surface area (Å²) in [7, 11) is 0. The Morgan fingerprint density at radius 2 is 2.07 bits per heavy atom. The highest BCUT2D eigenvalue weighted by molar-refractivity contribution is 5.11. The van der Waals surface area contributed by atoms with Gasteiger partial charge in [-0.1, -0.05) is 20.8 Å². The normalized spacial score (nSPS) is 46.9. The molecule has 0 heterocycles. The fourth-order valence-corrected chi connectivity index (χ4v) is 4.01. The second-order valence-corrected chi connectivity index (χ2v) is 6.02. The van der Waals surface area contributed by atoms with Crippen molar-refractivity contribution >= 4 is 0 Å².